The summed E-state index contributed by atoms with van der Waals surface area (Å²) >= 11 is 0. The molecule has 0 aliphatic carbocycles. The highest BCUT2D eigenvalue weighted by Gasteiger charge is 1.92. The van der Waals surface area contributed by atoms with Gasteiger partial charge in [-0.3, -0.25) is 14.8 Å². The zero-order valence-electron chi connectivity index (χ0n) is 9.42. The number of aldehydes is 1. The van der Waals surface area contributed by atoms with Crippen molar-refractivity contribution < 1.29 is 4.79 Å². The van der Waals surface area contributed by atoms with E-state index in [4.69, 9.17) is 0 Å². The van der Waals surface area contributed by atoms with E-state index in [2.05, 4.69) is 9.97 Å². The number of carbonyl (C=O) groups excluding carboxylic acids is 1. The van der Waals surface area contributed by atoms with Crippen LogP contribution in [-0.2, 0) is 0 Å². The highest BCUT2D eigenvalue weighted by molar-refractivity contribution is 5.74. The van der Waals surface area contributed by atoms with Crippen molar-refractivity contribution >= 4 is 6.29 Å². The highest BCUT2D eigenvalue weighted by atomic mass is 16.1. The fourth-order valence-corrected chi connectivity index (χ4v) is 1.25. The highest BCUT2D eigenvalue weighted by Crippen LogP contribution is 2.01. The van der Waals surface area contributed by atoms with Gasteiger partial charge in [-0.25, -0.2) is 0 Å². The largest absolute Gasteiger partial charge is 0.298 e. The molecule has 0 N–H and O–H groups in total. The number of aryl methyl sites for hydroxylation is 2. The summed E-state index contributed by atoms with van der Waals surface area (Å²) in [5, 5.41) is 0. The van der Waals surface area contributed by atoms with Gasteiger partial charge in [-0.05, 0) is 38.1 Å². The molecular weight excluding hydrogens is 200 g/mol. The van der Waals surface area contributed by atoms with E-state index in [1.54, 1.807) is 24.5 Å². The molecule has 2 aromatic rings. The third-order valence-corrected chi connectivity index (χ3v) is 1.81. The van der Waals surface area contributed by atoms with Crippen molar-refractivity contribution in [1.29, 1.82) is 0 Å². The van der Waals surface area contributed by atoms with Crippen molar-refractivity contribution in [1.82, 2.24) is 9.97 Å². The minimum atomic E-state index is 0.699. The summed E-state index contributed by atoms with van der Waals surface area (Å²) in [7, 11) is 0. The molecule has 0 bridgehead atoms. The molecule has 3 nitrogen and oxygen atoms in total. The SMILES string of the molecule is Cc1cc(C=O)cc(C)n1.c1ccncc1. The van der Waals surface area contributed by atoms with Gasteiger partial charge >= 0.3 is 0 Å². The third kappa shape index (κ3) is 4.46. The van der Waals surface area contributed by atoms with E-state index in [0.29, 0.717) is 5.56 Å². The van der Waals surface area contributed by atoms with Crippen LogP contribution in [-0.4, -0.2) is 16.3 Å². The van der Waals surface area contributed by atoms with Crippen LogP contribution in [0.4, 0.5) is 0 Å². The van der Waals surface area contributed by atoms with E-state index < -0.39 is 0 Å². The number of rotatable bonds is 1. The molecule has 82 valence electrons. The lowest BCUT2D eigenvalue weighted by atomic mass is 10.2. The molecule has 0 aromatic carbocycles. The summed E-state index contributed by atoms with van der Waals surface area (Å²) in [6, 6.07) is 9.24. The van der Waals surface area contributed by atoms with Crippen LogP contribution in [0.2, 0.25) is 0 Å². The second-order valence-corrected chi connectivity index (χ2v) is 3.33. The van der Waals surface area contributed by atoms with Crippen molar-refractivity contribution in [3.8, 4) is 0 Å². The zero-order chi connectivity index (χ0) is 11.8. The van der Waals surface area contributed by atoms with Crippen LogP contribution >= 0.6 is 0 Å². The van der Waals surface area contributed by atoms with Gasteiger partial charge in [-0.15, -0.1) is 0 Å². The van der Waals surface area contributed by atoms with E-state index in [9.17, 15) is 4.79 Å². The van der Waals surface area contributed by atoms with E-state index in [0.717, 1.165) is 17.7 Å². The lowest BCUT2D eigenvalue weighted by Crippen LogP contribution is -1.88. The average molecular weight is 214 g/mol. The first-order valence-corrected chi connectivity index (χ1v) is 4.98. The Hall–Kier alpha value is -2.03. The molecule has 0 unspecified atom stereocenters. The maximum atomic E-state index is 10.3. The first kappa shape index (κ1) is 12.0. The molecule has 0 aliphatic rings. The number of carbonyl (C=O) groups is 1. The van der Waals surface area contributed by atoms with Crippen LogP contribution < -0.4 is 0 Å². The predicted molar refractivity (Wildman–Crippen MR) is 63.3 cm³/mol. The molecule has 0 saturated carbocycles. The molecule has 0 atom stereocenters. The van der Waals surface area contributed by atoms with Crippen LogP contribution in [0.15, 0.2) is 42.7 Å². The van der Waals surface area contributed by atoms with E-state index in [-0.39, 0.29) is 0 Å². The Labute approximate surface area is 95.2 Å². The summed E-state index contributed by atoms with van der Waals surface area (Å²) in [5.74, 6) is 0. The molecule has 0 amide bonds. The molecule has 0 saturated heterocycles. The maximum Gasteiger partial charge on any atom is 0.150 e. The molecule has 0 spiro atoms. The summed E-state index contributed by atoms with van der Waals surface area (Å²) in [5.41, 5.74) is 2.48. The normalized spacial score (nSPS) is 8.88. The molecule has 0 radical (unpaired) electrons. The van der Waals surface area contributed by atoms with Crippen LogP contribution in [0.25, 0.3) is 0 Å². The van der Waals surface area contributed by atoms with Gasteiger partial charge in [-0.2, -0.15) is 0 Å². The molecule has 3 heteroatoms. The van der Waals surface area contributed by atoms with Crippen molar-refractivity contribution in [3.05, 3.63) is 59.7 Å². The minimum Gasteiger partial charge on any atom is -0.298 e. The second kappa shape index (κ2) is 6.45. The number of hydrogen-bond donors (Lipinski definition) is 0. The molecular formula is C13H14N2O. The monoisotopic (exact) mass is 214 g/mol. The van der Waals surface area contributed by atoms with Crippen molar-refractivity contribution in [2.75, 3.05) is 0 Å². The second-order valence-electron chi connectivity index (χ2n) is 3.33. The van der Waals surface area contributed by atoms with Gasteiger partial charge in [0.2, 0.25) is 0 Å². The van der Waals surface area contributed by atoms with Gasteiger partial charge in [0, 0.05) is 29.3 Å². The standard InChI is InChI=1S/C8H9NO.C5H5N/c1-6-3-8(5-10)4-7(2)9-6;1-2-4-6-5-3-1/h3-5H,1-2H3;1-5H. The molecule has 2 heterocycles. The zero-order valence-corrected chi connectivity index (χ0v) is 9.42. The lowest BCUT2D eigenvalue weighted by molar-refractivity contribution is 0.112. The average Bonchev–Trinajstić information content (AvgIpc) is 2.31. The quantitative estimate of drug-likeness (QED) is 0.685. The number of hydrogen-bond acceptors (Lipinski definition) is 3. The topological polar surface area (TPSA) is 42.9 Å². The van der Waals surface area contributed by atoms with E-state index in [1.165, 1.54) is 0 Å². The number of pyridine rings is 2. The summed E-state index contributed by atoms with van der Waals surface area (Å²) in [6.07, 6.45) is 4.34. The van der Waals surface area contributed by atoms with Gasteiger partial charge in [0.1, 0.15) is 6.29 Å². The Morgan fingerprint density at radius 2 is 1.56 bits per heavy atom. The molecule has 2 rings (SSSR count). The Morgan fingerprint density at radius 3 is 1.88 bits per heavy atom. The van der Waals surface area contributed by atoms with Gasteiger partial charge in [0.25, 0.3) is 0 Å². The van der Waals surface area contributed by atoms with Gasteiger partial charge in [0.05, 0.1) is 0 Å². The smallest absolute Gasteiger partial charge is 0.150 e. The molecule has 0 fully saturated rings. The van der Waals surface area contributed by atoms with E-state index >= 15 is 0 Å². The predicted octanol–water partition coefficient (Wildman–Crippen LogP) is 2.59. The Bertz CT molecular complexity index is 394. The maximum absolute atomic E-state index is 10.3. The summed E-state index contributed by atoms with van der Waals surface area (Å²) < 4.78 is 0. The van der Waals surface area contributed by atoms with Crippen LogP contribution in [0.3, 0.4) is 0 Å². The number of aromatic nitrogens is 2. The fourth-order valence-electron chi connectivity index (χ4n) is 1.25. The Balaban J connectivity index is 0.000000181. The summed E-state index contributed by atoms with van der Waals surface area (Å²) in [4.78, 5) is 18.2. The lowest BCUT2D eigenvalue weighted by Gasteiger charge is -1.95. The number of nitrogens with zero attached hydrogens (tertiary/aromatic N) is 2. The van der Waals surface area contributed by atoms with Crippen molar-refractivity contribution in [3.63, 3.8) is 0 Å². The summed E-state index contributed by atoms with van der Waals surface area (Å²) in [6.45, 7) is 3.75. The first-order valence-electron chi connectivity index (χ1n) is 4.98. The van der Waals surface area contributed by atoms with Crippen LogP contribution in [0, 0.1) is 13.8 Å². The Kier molecular flexibility index (Phi) is 4.86. The van der Waals surface area contributed by atoms with Crippen LogP contribution in [0.5, 0.6) is 0 Å². The Morgan fingerprint density at radius 1 is 1.00 bits per heavy atom. The van der Waals surface area contributed by atoms with Gasteiger partial charge in [-0.1, -0.05) is 6.07 Å². The molecule has 0 aliphatic heterocycles. The van der Waals surface area contributed by atoms with E-state index in [1.807, 2.05) is 32.0 Å². The van der Waals surface area contributed by atoms with Gasteiger partial charge < -0.3 is 0 Å². The van der Waals surface area contributed by atoms with Crippen molar-refractivity contribution in [2.45, 2.75) is 13.8 Å². The van der Waals surface area contributed by atoms with Crippen LogP contribution in [0.1, 0.15) is 21.7 Å². The molecule has 2 aromatic heterocycles. The first-order chi connectivity index (χ1) is 7.72. The fraction of sp³-hybridized carbons (Fsp3) is 0.154. The van der Waals surface area contributed by atoms with Gasteiger partial charge in [0.15, 0.2) is 0 Å². The molecule has 16 heavy (non-hydrogen) atoms. The minimum absolute atomic E-state index is 0.699. The van der Waals surface area contributed by atoms with Crippen molar-refractivity contribution in [2.24, 2.45) is 0 Å². The third-order valence-electron chi connectivity index (χ3n) is 1.81.